The number of hydrogen-bond donors (Lipinski definition) is 2. The van der Waals surface area contributed by atoms with E-state index in [2.05, 4.69) is 15.7 Å². The Morgan fingerprint density at radius 1 is 1.21 bits per heavy atom. The molecule has 5 atom stereocenters. The van der Waals surface area contributed by atoms with Gasteiger partial charge >= 0.3 is 0 Å². The predicted molar refractivity (Wildman–Crippen MR) is 93.5 cm³/mol. The summed E-state index contributed by atoms with van der Waals surface area (Å²) in [4.78, 5) is 12.9. The molecule has 1 aromatic rings. The van der Waals surface area contributed by atoms with Crippen LogP contribution in [0, 0.1) is 17.8 Å². The Balaban J connectivity index is 1.37. The molecule has 2 heterocycles. The van der Waals surface area contributed by atoms with E-state index in [1.807, 2.05) is 24.1 Å². The van der Waals surface area contributed by atoms with Crippen LogP contribution in [0.25, 0.3) is 0 Å². The van der Waals surface area contributed by atoms with E-state index in [0.29, 0.717) is 6.04 Å². The molecule has 2 N–H and O–H groups in total. The highest BCUT2D eigenvalue weighted by Crippen LogP contribution is 2.40. The lowest BCUT2D eigenvalue weighted by Gasteiger charge is -2.39. The molecule has 3 fully saturated rings. The van der Waals surface area contributed by atoms with E-state index in [1.54, 1.807) is 0 Å². The Labute approximate surface area is 144 Å². The zero-order valence-corrected chi connectivity index (χ0v) is 14.7. The van der Waals surface area contributed by atoms with Crippen molar-refractivity contribution in [1.29, 1.82) is 0 Å². The molecule has 2 aliphatic carbocycles. The number of nitrogens with one attached hydrogen (secondary N) is 2. The number of nitrogens with zero attached hydrogens (tertiary/aromatic N) is 2. The van der Waals surface area contributed by atoms with Crippen molar-refractivity contribution >= 4 is 5.91 Å². The molecule has 24 heavy (non-hydrogen) atoms. The van der Waals surface area contributed by atoms with Crippen molar-refractivity contribution in [2.75, 3.05) is 13.1 Å². The van der Waals surface area contributed by atoms with Crippen LogP contribution in [0.15, 0.2) is 12.4 Å². The molecule has 5 heteroatoms. The van der Waals surface area contributed by atoms with Gasteiger partial charge in [-0.25, -0.2) is 0 Å². The number of carbonyl (C=O) groups is 1. The van der Waals surface area contributed by atoms with Gasteiger partial charge in [0.25, 0.3) is 0 Å². The molecule has 0 bridgehead atoms. The average molecular weight is 330 g/mol. The summed E-state index contributed by atoms with van der Waals surface area (Å²) in [6.07, 6.45) is 13.2. The maximum Gasteiger partial charge on any atom is 0.225 e. The molecule has 1 amide bonds. The topological polar surface area (TPSA) is 59.0 Å². The second-order valence-electron chi connectivity index (χ2n) is 8.14. The Morgan fingerprint density at radius 3 is 2.83 bits per heavy atom. The van der Waals surface area contributed by atoms with Crippen LogP contribution < -0.4 is 10.6 Å². The van der Waals surface area contributed by atoms with Crippen molar-refractivity contribution in [1.82, 2.24) is 20.4 Å². The molecule has 0 radical (unpaired) electrons. The number of aryl methyl sites for hydroxylation is 1. The first kappa shape index (κ1) is 16.1. The first-order chi connectivity index (χ1) is 11.7. The van der Waals surface area contributed by atoms with Crippen molar-refractivity contribution < 1.29 is 4.79 Å². The first-order valence-corrected chi connectivity index (χ1v) is 9.70. The van der Waals surface area contributed by atoms with E-state index in [1.165, 1.54) is 50.5 Å². The van der Waals surface area contributed by atoms with Crippen LogP contribution in [-0.2, 0) is 11.8 Å². The van der Waals surface area contributed by atoms with Crippen LogP contribution >= 0.6 is 0 Å². The second kappa shape index (κ2) is 6.87. The normalized spacial score (nSPS) is 36.3. The molecule has 3 unspecified atom stereocenters. The number of amides is 1. The lowest BCUT2D eigenvalue weighted by atomic mass is 9.69. The summed E-state index contributed by atoms with van der Waals surface area (Å²) in [7, 11) is 1.93. The van der Waals surface area contributed by atoms with E-state index >= 15 is 0 Å². The van der Waals surface area contributed by atoms with Gasteiger partial charge in [0.2, 0.25) is 5.91 Å². The van der Waals surface area contributed by atoms with Crippen LogP contribution in [0.3, 0.4) is 0 Å². The second-order valence-corrected chi connectivity index (χ2v) is 8.14. The zero-order chi connectivity index (χ0) is 16.5. The molecule has 1 saturated heterocycles. The summed E-state index contributed by atoms with van der Waals surface area (Å²) in [5.41, 5.74) is 1.18. The molecular formula is C19H30N4O. The highest BCUT2D eigenvalue weighted by Gasteiger charge is 2.37. The maximum absolute atomic E-state index is 12.9. The molecule has 5 nitrogen and oxygen atoms in total. The fraction of sp³-hybridized carbons (Fsp3) is 0.789. The van der Waals surface area contributed by atoms with E-state index in [9.17, 15) is 4.79 Å². The molecule has 1 aromatic heterocycles. The summed E-state index contributed by atoms with van der Waals surface area (Å²) in [6.45, 7) is 1.66. The van der Waals surface area contributed by atoms with Crippen molar-refractivity contribution in [2.45, 2.75) is 56.9 Å². The largest absolute Gasteiger partial charge is 0.353 e. The molecule has 1 aliphatic heterocycles. The molecule has 4 rings (SSSR count). The monoisotopic (exact) mass is 330 g/mol. The van der Waals surface area contributed by atoms with Crippen LogP contribution in [0.5, 0.6) is 0 Å². The predicted octanol–water partition coefficient (Wildman–Crippen LogP) is 2.20. The Hall–Kier alpha value is -1.36. The van der Waals surface area contributed by atoms with Crippen molar-refractivity contribution in [2.24, 2.45) is 24.8 Å². The molecule has 0 spiro atoms. The van der Waals surface area contributed by atoms with Crippen LogP contribution in [0.1, 0.15) is 56.4 Å². The van der Waals surface area contributed by atoms with Gasteiger partial charge in [0.15, 0.2) is 0 Å². The lowest BCUT2D eigenvalue weighted by molar-refractivity contribution is -0.126. The number of rotatable bonds is 3. The van der Waals surface area contributed by atoms with E-state index < -0.39 is 0 Å². The fourth-order valence-corrected chi connectivity index (χ4v) is 5.25. The fourth-order valence-electron chi connectivity index (χ4n) is 5.25. The van der Waals surface area contributed by atoms with Gasteiger partial charge in [-0.05, 0) is 36.7 Å². The third kappa shape index (κ3) is 3.23. The van der Waals surface area contributed by atoms with Crippen molar-refractivity contribution in [3.05, 3.63) is 18.0 Å². The third-order valence-electron chi connectivity index (χ3n) is 6.59. The number of fused-ring (bicyclic) bond motifs is 1. The molecule has 0 aromatic carbocycles. The van der Waals surface area contributed by atoms with E-state index in [-0.39, 0.29) is 17.7 Å². The Kier molecular flexibility index (Phi) is 4.61. The zero-order valence-electron chi connectivity index (χ0n) is 14.7. The smallest absolute Gasteiger partial charge is 0.225 e. The van der Waals surface area contributed by atoms with Gasteiger partial charge in [0, 0.05) is 38.3 Å². The number of hydrogen-bond acceptors (Lipinski definition) is 3. The summed E-state index contributed by atoms with van der Waals surface area (Å²) < 4.78 is 1.83. The number of aromatic nitrogens is 2. The van der Waals surface area contributed by atoms with Crippen LogP contribution in [-0.4, -0.2) is 34.8 Å². The van der Waals surface area contributed by atoms with Gasteiger partial charge in [-0.2, -0.15) is 5.10 Å². The minimum absolute atomic E-state index is 0.0401. The summed E-state index contributed by atoms with van der Waals surface area (Å²) >= 11 is 0. The van der Waals surface area contributed by atoms with Crippen LogP contribution in [0.2, 0.25) is 0 Å². The molecule has 2 saturated carbocycles. The van der Waals surface area contributed by atoms with Gasteiger partial charge < -0.3 is 10.6 Å². The maximum atomic E-state index is 12.9. The van der Waals surface area contributed by atoms with Crippen LogP contribution in [0.4, 0.5) is 0 Å². The minimum atomic E-state index is 0.0401. The quantitative estimate of drug-likeness (QED) is 0.893. The standard InChI is InChI=1S/C19H30N4O/c1-23-12-15(9-21-23)17-10-20-11-18(17)19(24)22-16-7-6-13-4-2-3-5-14(13)8-16/h9,12-14,16-18,20H,2-8,10-11H2,1H3,(H,22,24)/t13?,14?,16?,17-,18+/m1/s1. The Bertz CT molecular complexity index is 584. The SMILES string of the molecule is Cn1cc([C@H]2CNC[C@@H]2C(=O)NC2CCC3CCCCC3C2)cn1. The summed E-state index contributed by atoms with van der Waals surface area (Å²) in [5.74, 6) is 2.33. The third-order valence-corrected chi connectivity index (χ3v) is 6.59. The summed E-state index contributed by atoms with van der Waals surface area (Å²) in [6, 6.07) is 0.395. The van der Waals surface area contributed by atoms with Gasteiger partial charge in [-0.15, -0.1) is 0 Å². The molecule has 3 aliphatic rings. The minimum Gasteiger partial charge on any atom is -0.353 e. The summed E-state index contributed by atoms with van der Waals surface area (Å²) in [5, 5.41) is 11.1. The molecule has 132 valence electrons. The van der Waals surface area contributed by atoms with Gasteiger partial charge in [-0.1, -0.05) is 25.7 Å². The highest BCUT2D eigenvalue weighted by molar-refractivity contribution is 5.80. The number of carbonyl (C=O) groups excluding carboxylic acids is 1. The molecular weight excluding hydrogens is 300 g/mol. The van der Waals surface area contributed by atoms with Gasteiger partial charge in [-0.3, -0.25) is 9.48 Å². The van der Waals surface area contributed by atoms with Gasteiger partial charge in [0.05, 0.1) is 12.1 Å². The lowest BCUT2D eigenvalue weighted by Crippen LogP contribution is -2.45. The van der Waals surface area contributed by atoms with Crippen molar-refractivity contribution in [3.8, 4) is 0 Å². The van der Waals surface area contributed by atoms with E-state index in [4.69, 9.17) is 0 Å². The van der Waals surface area contributed by atoms with Crippen molar-refractivity contribution in [3.63, 3.8) is 0 Å². The highest BCUT2D eigenvalue weighted by atomic mass is 16.2. The van der Waals surface area contributed by atoms with E-state index in [0.717, 1.165) is 24.9 Å². The Morgan fingerprint density at radius 2 is 2.04 bits per heavy atom. The average Bonchev–Trinajstić information content (AvgIpc) is 3.23. The van der Waals surface area contributed by atoms with Gasteiger partial charge in [0.1, 0.15) is 0 Å². The first-order valence-electron chi connectivity index (χ1n) is 9.70.